The van der Waals surface area contributed by atoms with Gasteiger partial charge >= 0.3 is 0 Å². The zero-order valence-corrected chi connectivity index (χ0v) is 13.0. The molecule has 1 heterocycles. The van der Waals surface area contributed by atoms with Crippen molar-refractivity contribution >= 4 is 21.6 Å². The number of hydrogen-bond donors (Lipinski definition) is 0. The minimum Gasteiger partial charge on any atom is -0.369 e. The molecule has 0 radical (unpaired) electrons. The second-order valence-electron chi connectivity index (χ2n) is 5.96. The van der Waals surface area contributed by atoms with Gasteiger partial charge in [0.05, 0.1) is 0 Å². The third kappa shape index (κ3) is 2.27. The highest BCUT2D eigenvalue weighted by atomic mass is 33.1. The van der Waals surface area contributed by atoms with E-state index in [1.54, 1.807) is 10.5 Å². The van der Waals surface area contributed by atoms with Gasteiger partial charge in [0.15, 0.2) is 0 Å². The SMILES string of the molecule is COC1SSC(=C2CCCCC2)C12CCCCC2. The van der Waals surface area contributed by atoms with Gasteiger partial charge in [0.25, 0.3) is 0 Å². The van der Waals surface area contributed by atoms with Crippen molar-refractivity contribution < 1.29 is 4.74 Å². The molecule has 3 fully saturated rings. The molecular weight excluding hydrogens is 260 g/mol. The number of rotatable bonds is 1. The summed E-state index contributed by atoms with van der Waals surface area (Å²) in [6.07, 6.45) is 14.0. The predicted molar refractivity (Wildman–Crippen MR) is 81.6 cm³/mol. The maximum absolute atomic E-state index is 5.83. The van der Waals surface area contributed by atoms with Crippen LogP contribution in [0.3, 0.4) is 0 Å². The molecule has 18 heavy (non-hydrogen) atoms. The molecule has 2 saturated carbocycles. The molecule has 1 atom stereocenters. The first-order chi connectivity index (χ1) is 8.87. The summed E-state index contributed by atoms with van der Waals surface area (Å²) in [5, 5.41) is 0. The Hall–Kier alpha value is 0.400. The Balaban J connectivity index is 1.92. The Bertz CT molecular complexity index is 323. The lowest BCUT2D eigenvalue weighted by atomic mass is 9.72. The van der Waals surface area contributed by atoms with Crippen LogP contribution < -0.4 is 0 Å². The van der Waals surface area contributed by atoms with E-state index in [9.17, 15) is 0 Å². The standard InChI is InChI=1S/C15H24OS2/c1-16-14-15(10-6-3-7-11-15)13(17-18-14)12-8-4-2-5-9-12/h14H,2-11H2,1H3. The lowest BCUT2D eigenvalue weighted by Gasteiger charge is -2.39. The Labute approximate surface area is 119 Å². The van der Waals surface area contributed by atoms with Crippen molar-refractivity contribution in [2.75, 3.05) is 7.11 Å². The van der Waals surface area contributed by atoms with Gasteiger partial charge in [-0.15, -0.1) is 0 Å². The highest BCUT2D eigenvalue weighted by Gasteiger charge is 2.50. The van der Waals surface area contributed by atoms with Gasteiger partial charge in [-0.1, -0.05) is 52.8 Å². The van der Waals surface area contributed by atoms with E-state index in [2.05, 4.69) is 10.8 Å². The third-order valence-corrected chi connectivity index (χ3v) is 7.95. The molecule has 1 nitrogen and oxygen atoms in total. The maximum atomic E-state index is 5.83. The van der Waals surface area contributed by atoms with Crippen LogP contribution in [0.1, 0.15) is 64.2 Å². The van der Waals surface area contributed by atoms with E-state index >= 15 is 0 Å². The molecule has 2 aliphatic carbocycles. The fraction of sp³-hybridized carbons (Fsp3) is 0.867. The zero-order chi connectivity index (χ0) is 12.4. The minimum atomic E-state index is 0.398. The van der Waals surface area contributed by atoms with Crippen LogP contribution in [0.25, 0.3) is 0 Å². The molecule has 0 bridgehead atoms. The summed E-state index contributed by atoms with van der Waals surface area (Å²) in [7, 11) is 5.95. The van der Waals surface area contributed by atoms with E-state index in [-0.39, 0.29) is 0 Å². The molecule has 3 aliphatic rings. The van der Waals surface area contributed by atoms with Gasteiger partial charge in [-0.25, -0.2) is 0 Å². The molecule has 0 aromatic carbocycles. The molecule has 0 N–H and O–H groups in total. The van der Waals surface area contributed by atoms with E-state index in [0.717, 1.165) is 0 Å². The van der Waals surface area contributed by atoms with E-state index in [1.165, 1.54) is 64.2 Å². The van der Waals surface area contributed by atoms with E-state index in [1.807, 2.05) is 17.9 Å². The summed E-state index contributed by atoms with van der Waals surface area (Å²) in [6, 6.07) is 0. The van der Waals surface area contributed by atoms with E-state index < -0.39 is 0 Å². The molecule has 102 valence electrons. The molecule has 3 rings (SSSR count). The molecule has 1 aliphatic heterocycles. The molecule has 1 spiro atoms. The van der Waals surface area contributed by atoms with Gasteiger partial charge < -0.3 is 4.74 Å². The zero-order valence-electron chi connectivity index (χ0n) is 11.4. The Kier molecular flexibility index (Phi) is 4.32. The molecule has 1 saturated heterocycles. The van der Waals surface area contributed by atoms with Crippen LogP contribution in [0.5, 0.6) is 0 Å². The summed E-state index contributed by atoms with van der Waals surface area (Å²) in [4.78, 5) is 1.75. The van der Waals surface area contributed by atoms with Crippen LogP contribution in [0, 0.1) is 5.41 Å². The largest absolute Gasteiger partial charge is 0.369 e. The molecule has 0 aromatic rings. The fourth-order valence-electron chi connectivity index (χ4n) is 3.90. The Morgan fingerprint density at radius 1 is 1.00 bits per heavy atom. The van der Waals surface area contributed by atoms with Crippen molar-refractivity contribution in [1.29, 1.82) is 0 Å². The van der Waals surface area contributed by atoms with Gasteiger partial charge in [0, 0.05) is 17.4 Å². The maximum Gasteiger partial charge on any atom is 0.123 e. The highest BCUT2D eigenvalue weighted by Crippen LogP contribution is 2.65. The van der Waals surface area contributed by atoms with Crippen molar-refractivity contribution in [2.24, 2.45) is 5.41 Å². The number of ether oxygens (including phenoxy) is 1. The minimum absolute atomic E-state index is 0.398. The van der Waals surface area contributed by atoms with Gasteiger partial charge in [-0.2, -0.15) is 0 Å². The summed E-state index contributed by atoms with van der Waals surface area (Å²) in [5.41, 5.74) is 2.60. The lowest BCUT2D eigenvalue weighted by Crippen LogP contribution is -2.34. The first-order valence-electron chi connectivity index (χ1n) is 7.45. The van der Waals surface area contributed by atoms with Crippen LogP contribution in [-0.2, 0) is 4.74 Å². The van der Waals surface area contributed by atoms with Gasteiger partial charge in [-0.05, 0) is 38.5 Å². The number of methoxy groups -OCH3 is 1. The van der Waals surface area contributed by atoms with Crippen molar-refractivity contribution in [3.63, 3.8) is 0 Å². The topological polar surface area (TPSA) is 9.23 Å². The smallest absolute Gasteiger partial charge is 0.123 e. The molecular formula is C15H24OS2. The van der Waals surface area contributed by atoms with E-state index in [4.69, 9.17) is 4.74 Å². The van der Waals surface area contributed by atoms with Crippen molar-refractivity contribution in [1.82, 2.24) is 0 Å². The van der Waals surface area contributed by atoms with Crippen molar-refractivity contribution in [3.05, 3.63) is 10.5 Å². The monoisotopic (exact) mass is 284 g/mol. The molecule has 0 aromatic heterocycles. The average Bonchev–Trinajstić information content (AvgIpc) is 2.78. The summed E-state index contributed by atoms with van der Waals surface area (Å²) in [5.74, 6) is 0. The fourth-order valence-corrected chi connectivity index (χ4v) is 7.77. The Morgan fingerprint density at radius 2 is 1.67 bits per heavy atom. The van der Waals surface area contributed by atoms with E-state index in [0.29, 0.717) is 10.9 Å². The first-order valence-corrected chi connectivity index (χ1v) is 9.67. The van der Waals surface area contributed by atoms with Gasteiger partial charge in [0.2, 0.25) is 0 Å². The lowest BCUT2D eigenvalue weighted by molar-refractivity contribution is 0.0562. The summed E-state index contributed by atoms with van der Waals surface area (Å²) in [6.45, 7) is 0. The first kappa shape index (κ1) is 13.4. The second kappa shape index (κ2) is 5.80. The van der Waals surface area contributed by atoms with Crippen LogP contribution >= 0.6 is 21.6 Å². The second-order valence-corrected chi connectivity index (χ2v) is 8.23. The van der Waals surface area contributed by atoms with Crippen molar-refractivity contribution in [3.8, 4) is 0 Å². The normalized spacial score (nSPS) is 32.2. The van der Waals surface area contributed by atoms with Crippen LogP contribution in [0.2, 0.25) is 0 Å². The molecule has 1 unspecified atom stereocenters. The van der Waals surface area contributed by atoms with Gasteiger partial charge in [0.1, 0.15) is 5.44 Å². The van der Waals surface area contributed by atoms with Crippen LogP contribution in [0.15, 0.2) is 10.5 Å². The van der Waals surface area contributed by atoms with Crippen LogP contribution in [-0.4, -0.2) is 12.5 Å². The third-order valence-electron chi connectivity index (χ3n) is 4.86. The average molecular weight is 284 g/mol. The predicted octanol–water partition coefficient (Wildman–Crippen LogP) is 5.52. The highest BCUT2D eigenvalue weighted by molar-refractivity contribution is 8.78. The molecule has 3 heteroatoms. The van der Waals surface area contributed by atoms with Crippen molar-refractivity contribution in [2.45, 2.75) is 69.6 Å². The van der Waals surface area contributed by atoms with Gasteiger partial charge in [-0.3, -0.25) is 0 Å². The summed E-state index contributed by atoms with van der Waals surface area (Å²) >= 11 is 0. The van der Waals surface area contributed by atoms with Crippen LogP contribution in [0.4, 0.5) is 0 Å². The number of allylic oxidation sites excluding steroid dienone is 1. The molecule has 0 amide bonds. The number of hydrogen-bond acceptors (Lipinski definition) is 3. The Morgan fingerprint density at radius 3 is 2.33 bits per heavy atom. The summed E-state index contributed by atoms with van der Waals surface area (Å²) < 4.78 is 5.83. The quantitative estimate of drug-likeness (QED) is 0.586.